The number of aliphatic hydroxyl groups excluding tert-OH is 1. The molecule has 0 fully saturated rings. The molecule has 5 nitrogen and oxygen atoms in total. The molecule has 0 spiro atoms. The van der Waals surface area contributed by atoms with Crippen LogP contribution >= 0.6 is 11.8 Å². The number of hydrogen-bond acceptors (Lipinski definition) is 5. The van der Waals surface area contributed by atoms with Crippen LogP contribution < -0.4 is 0 Å². The fourth-order valence-corrected chi connectivity index (χ4v) is 1.98. The number of alkyl halides is 11. The number of thioether (sulfide) groups is 1. The highest BCUT2D eigenvalue weighted by Crippen LogP contribution is 2.58. The van der Waals surface area contributed by atoms with E-state index in [0.29, 0.717) is 0 Å². The fraction of sp³-hybridized carbons (Fsp3) is 0.727. The second kappa shape index (κ2) is 8.00. The van der Waals surface area contributed by atoms with Gasteiger partial charge in [0, 0.05) is 12.8 Å². The molecule has 0 amide bonds. The molecule has 1 atom stereocenters. The molecule has 0 aromatic heterocycles. The van der Waals surface area contributed by atoms with Crippen LogP contribution in [0.15, 0.2) is 0 Å². The van der Waals surface area contributed by atoms with Crippen LogP contribution in [-0.2, 0) is 14.4 Å². The smallest absolute Gasteiger partial charge is 0.460 e. The molecule has 0 saturated heterocycles. The molecule has 0 rings (SSSR count). The third-order valence-corrected chi connectivity index (χ3v) is 3.78. The lowest BCUT2D eigenvalue weighted by Crippen LogP contribution is -2.66. The Hall–Kier alpha value is -1.65. The maximum Gasteiger partial charge on any atom is 0.460 e. The molecular weight excluding hydrogens is 453 g/mol. The van der Waals surface area contributed by atoms with Gasteiger partial charge >= 0.3 is 35.8 Å². The highest BCUT2D eigenvalue weighted by atomic mass is 32.2. The van der Waals surface area contributed by atoms with Crippen LogP contribution in [0.3, 0.4) is 0 Å². The highest BCUT2D eigenvalue weighted by Gasteiger charge is 2.86. The fourth-order valence-electron chi connectivity index (χ4n) is 1.34. The topological polar surface area (TPSA) is 91.7 Å². The first-order chi connectivity index (χ1) is 12.1. The molecule has 0 radical (unpaired) electrons. The summed E-state index contributed by atoms with van der Waals surface area (Å²) in [5.41, 5.74) is 0. The zero-order valence-corrected chi connectivity index (χ0v) is 13.5. The Bertz CT molecular complexity index is 631. The Morgan fingerprint density at radius 1 is 0.786 bits per heavy atom. The summed E-state index contributed by atoms with van der Waals surface area (Å²) >= 11 is -0.798. The minimum atomic E-state index is -7.62. The number of carbonyl (C=O) groups is 3. The van der Waals surface area contributed by atoms with Crippen molar-refractivity contribution in [3.05, 3.63) is 0 Å². The molecule has 0 heterocycles. The number of carboxylic acid groups (broad SMARTS) is 1. The van der Waals surface area contributed by atoms with Gasteiger partial charge in [0.25, 0.3) is 0 Å². The summed E-state index contributed by atoms with van der Waals surface area (Å²) in [6.07, 6.45) is -14.8. The summed E-state index contributed by atoms with van der Waals surface area (Å²) < 4.78 is 140. The lowest BCUT2D eigenvalue weighted by molar-refractivity contribution is -0.422. The first kappa shape index (κ1) is 26.4. The Morgan fingerprint density at radius 2 is 1.21 bits per heavy atom. The first-order valence-corrected chi connectivity index (χ1v) is 7.18. The number of aliphatic hydroxyl groups is 1. The van der Waals surface area contributed by atoms with Crippen LogP contribution in [0.4, 0.5) is 48.3 Å². The van der Waals surface area contributed by atoms with Crippen molar-refractivity contribution in [1.82, 2.24) is 0 Å². The first-order valence-electron chi connectivity index (χ1n) is 6.37. The lowest BCUT2D eigenvalue weighted by atomic mass is 9.95. The van der Waals surface area contributed by atoms with E-state index in [4.69, 9.17) is 10.2 Å². The van der Waals surface area contributed by atoms with Gasteiger partial charge < -0.3 is 10.2 Å². The largest absolute Gasteiger partial charge is 0.479 e. The van der Waals surface area contributed by atoms with Crippen molar-refractivity contribution in [2.24, 2.45) is 0 Å². The van der Waals surface area contributed by atoms with Crippen molar-refractivity contribution in [2.75, 3.05) is 0 Å². The van der Waals surface area contributed by atoms with Crippen molar-refractivity contribution < 1.29 is 72.9 Å². The van der Waals surface area contributed by atoms with Gasteiger partial charge in [-0.2, -0.15) is 48.3 Å². The summed E-state index contributed by atoms with van der Waals surface area (Å²) in [7, 11) is 0. The minimum Gasteiger partial charge on any atom is -0.479 e. The summed E-state index contributed by atoms with van der Waals surface area (Å²) in [6.45, 7) is 0. The van der Waals surface area contributed by atoms with Crippen LogP contribution in [0.5, 0.6) is 0 Å². The van der Waals surface area contributed by atoms with Gasteiger partial charge in [0.1, 0.15) is 0 Å². The monoisotopic (exact) mass is 460 g/mol. The zero-order valence-electron chi connectivity index (χ0n) is 12.7. The van der Waals surface area contributed by atoms with E-state index < -0.39 is 76.8 Å². The third kappa shape index (κ3) is 4.84. The van der Waals surface area contributed by atoms with E-state index in [0.717, 1.165) is 0 Å². The molecule has 2 N–H and O–H groups in total. The van der Waals surface area contributed by atoms with Gasteiger partial charge in [-0.1, -0.05) is 0 Å². The van der Waals surface area contributed by atoms with E-state index in [9.17, 15) is 62.7 Å². The normalized spacial score (nSPS) is 15.3. The molecule has 28 heavy (non-hydrogen) atoms. The summed E-state index contributed by atoms with van der Waals surface area (Å²) in [5.74, 6) is -30.9. The van der Waals surface area contributed by atoms with E-state index in [1.54, 1.807) is 0 Å². The maximum absolute atomic E-state index is 13.3. The predicted molar refractivity (Wildman–Crippen MR) is 66.3 cm³/mol. The maximum atomic E-state index is 13.3. The van der Waals surface area contributed by atoms with Gasteiger partial charge in [0.05, 0.1) is 0 Å². The Morgan fingerprint density at radius 3 is 1.57 bits per heavy atom. The van der Waals surface area contributed by atoms with Crippen LogP contribution in [0.25, 0.3) is 0 Å². The van der Waals surface area contributed by atoms with Crippen LogP contribution in [-0.4, -0.2) is 62.4 Å². The van der Waals surface area contributed by atoms with E-state index in [1.165, 1.54) is 0 Å². The van der Waals surface area contributed by atoms with Crippen molar-refractivity contribution in [3.63, 3.8) is 0 Å². The number of rotatable bonds is 8. The molecule has 0 bridgehead atoms. The Kier molecular flexibility index (Phi) is 7.53. The van der Waals surface area contributed by atoms with E-state index in [-0.39, 0.29) is 0 Å². The Balaban J connectivity index is 5.40. The van der Waals surface area contributed by atoms with Crippen LogP contribution in [0.2, 0.25) is 0 Å². The van der Waals surface area contributed by atoms with Gasteiger partial charge in [0.15, 0.2) is 5.12 Å². The molecule has 17 heteroatoms. The number of carbonyl (C=O) groups excluding carboxylic acids is 2. The SMILES string of the molecule is O=C(CCC(F)(F)C(F)(F)C(F)(F)C(F)(F)C(F)(F)F)SC(=O)C(O)C(=O)O. The second-order valence-corrected chi connectivity index (χ2v) is 6.02. The number of carboxylic acids is 1. The van der Waals surface area contributed by atoms with Gasteiger partial charge in [0.2, 0.25) is 11.2 Å². The number of halogens is 11. The lowest BCUT2D eigenvalue weighted by Gasteiger charge is -2.37. The molecule has 1 unspecified atom stereocenters. The molecule has 0 aliphatic carbocycles. The molecule has 0 aromatic rings. The molecule has 0 aliphatic rings. The molecule has 0 aliphatic heterocycles. The molecular formula is C11H7F11O5S. The summed E-state index contributed by atoms with van der Waals surface area (Å²) in [5, 5.41) is 13.1. The van der Waals surface area contributed by atoms with Crippen molar-refractivity contribution in [1.29, 1.82) is 0 Å². The van der Waals surface area contributed by atoms with Gasteiger partial charge in [-0.05, 0) is 11.8 Å². The van der Waals surface area contributed by atoms with E-state index in [2.05, 4.69) is 0 Å². The van der Waals surface area contributed by atoms with Crippen molar-refractivity contribution >= 4 is 28.0 Å². The third-order valence-electron chi connectivity index (χ3n) is 2.92. The van der Waals surface area contributed by atoms with Gasteiger partial charge in [-0.25, -0.2) is 4.79 Å². The van der Waals surface area contributed by atoms with Crippen LogP contribution in [0, 0.1) is 0 Å². The van der Waals surface area contributed by atoms with Crippen molar-refractivity contribution in [3.8, 4) is 0 Å². The Labute approximate surface area is 150 Å². The minimum absolute atomic E-state index is 0.798. The quantitative estimate of drug-likeness (QED) is 0.428. The number of aliphatic carboxylic acids is 1. The van der Waals surface area contributed by atoms with Crippen LogP contribution in [0.1, 0.15) is 12.8 Å². The summed E-state index contributed by atoms with van der Waals surface area (Å²) in [6, 6.07) is 0. The van der Waals surface area contributed by atoms with Crippen molar-refractivity contribution in [2.45, 2.75) is 48.8 Å². The second-order valence-electron chi connectivity index (χ2n) is 4.96. The average Bonchev–Trinajstić information content (AvgIpc) is 2.50. The average molecular weight is 460 g/mol. The molecule has 0 aromatic carbocycles. The zero-order chi connectivity index (χ0) is 22.9. The van der Waals surface area contributed by atoms with Gasteiger partial charge in [-0.3, -0.25) is 9.59 Å². The molecule has 0 saturated carbocycles. The standard InChI is InChI=1S/C11H7F11O5S/c12-7(13,2-1-3(23)28-6(27)4(24)5(25)26)8(14,15)9(16,17)10(18,19)11(20,21)22/h4,24H,1-2H2,(H,25,26). The highest BCUT2D eigenvalue weighted by molar-refractivity contribution is 8.26. The van der Waals surface area contributed by atoms with E-state index >= 15 is 0 Å². The number of hydrogen-bond donors (Lipinski definition) is 2. The predicted octanol–water partition coefficient (Wildman–Crippen LogP) is 3.10. The van der Waals surface area contributed by atoms with E-state index in [1.807, 2.05) is 0 Å². The molecule has 164 valence electrons. The van der Waals surface area contributed by atoms with Gasteiger partial charge in [-0.15, -0.1) is 0 Å². The summed E-state index contributed by atoms with van der Waals surface area (Å²) in [4.78, 5) is 32.2.